The Labute approximate surface area is 140 Å². The molecule has 1 aliphatic rings. The summed E-state index contributed by atoms with van der Waals surface area (Å²) in [4.78, 5) is 20.5. The minimum Gasteiger partial charge on any atom is -0.444 e. The Morgan fingerprint density at radius 3 is 2.50 bits per heavy atom. The number of rotatable bonds is 2. The number of carbonyl (C=O) groups excluding carboxylic acids is 1. The average Bonchev–Trinajstić information content (AvgIpc) is 2.41. The monoisotopic (exact) mass is 369 g/mol. The molecule has 1 aliphatic heterocycles. The lowest BCUT2D eigenvalue weighted by Crippen LogP contribution is -2.49. The predicted octanol–water partition coefficient (Wildman–Crippen LogP) is 3.21. The topological polar surface area (TPSA) is 45.7 Å². The second-order valence-corrected chi connectivity index (χ2v) is 7.49. The van der Waals surface area contributed by atoms with Gasteiger partial charge in [0.2, 0.25) is 0 Å². The van der Waals surface area contributed by atoms with Crippen LogP contribution in [0.15, 0.2) is 16.9 Å². The fourth-order valence-corrected chi connectivity index (χ4v) is 2.82. The van der Waals surface area contributed by atoms with Gasteiger partial charge in [-0.05, 0) is 60.8 Å². The van der Waals surface area contributed by atoms with Crippen molar-refractivity contribution in [3.05, 3.63) is 28.0 Å². The number of hydrogen-bond donors (Lipinski definition) is 0. The van der Waals surface area contributed by atoms with Crippen molar-refractivity contribution in [1.29, 1.82) is 0 Å². The lowest BCUT2D eigenvalue weighted by atomic mass is 10.1. The van der Waals surface area contributed by atoms with Gasteiger partial charge in [-0.1, -0.05) is 0 Å². The molecule has 0 atom stereocenters. The maximum absolute atomic E-state index is 12.0. The summed E-state index contributed by atoms with van der Waals surface area (Å²) in [5, 5.41) is 0. The third-order valence-corrected chi connectivity index (χ3v) is 4.04. The fraction of sp³-hybridized carbons (Fsp3) is 0.625. The summed E-state index contributed by atoms with van der Waals surface area (Å²) >= 11 is 3.39. The molecular weight excluding hydrogens is 346 g/mol. The molecule has 0 aliphatic carbocycles. The smallest absolute Gasteiger partial charge is 0.410 e. The third kappa shape index (κ3) is 4.95. The summed E-state index contributed by atoms with van der Waals surface area (Å²) in [7, 11) is 0. The molecule has 0 unspecified atom stereocenters. The van der Waals surface area contributed by atoms with Crippen LogP contribution in [0.1, 0.15) is 31.9 Å². The van der Waals surface area contributed by atoms with E-state index in [1.165, 1.54) is 11.1 Å². The molecule has 1 saturated heterocycles. The minimum atomic E-state index is -0.436. The van der Waals surface area contributed by atoms with Crippen molar-refractivity contribution in [2.75, 3.05) is 26.2 Å². The Morgan fingerprint density at radius 2 is 1.95 bits per heavy atom. The number of pyridine rings is 1. The molecule has 122 valence electrons. The largest absolute Gasteiger partial charge is 0.444 e. The quantitative estimate of drug-likeness (QED) is 0.750. The Bertz CT molecular complexity index is 535. The van der Waals surface area contributed by atoms with Crippen LogP contribution in [0.25, 0.3) is 0 Å². The van der Waals surface area contributed by atoms with E-state index in [4.69, 9.17) is 4.74 Å². The summed E-state index contributed by atoms with van der Waals surface area (Å²) < 4.78 is 6.28. The number of carbonyl (C=O) groups is 1. The summed E-state index contributed by atoms with van der Waals surface area (Å²) in [5.41, 5.74) is 2.03. The molecule has 6 heteroatoms. The van der Waals surface area contributed by atoms with Gasteiger partial charge in [-0.25, -0.2) is 9.78 Å². The van der Waals surface area contributed by atoms with Crippen molar-refractivity contribution in [3.8, 4) is 0 Å². The van der Waals surface area contributed by atoms with Gasteiger partial charge >= 0.3 is 6.09 Å². The number of amides is 1. The van der Waals surface area contributed by atoms with E-state index in [1.807, 2.05) is 33.0 Å². The molecular formula is C16H24BrN3O2. The molecule has 1 aromatic rings. The second-order valence-electron chi connectivity index (χ2n) is 6.68. The number of hydrogen-bond acceptors (Lipinski definition) is 4. The molecule has 0 saturated carbocycles. The predicted molar refractivity (Wildman–Crippen MR) is 89.8 cm³/mol. The highest BCUT2D eigenvalue weighted by Gasteiger charge is 2.25. The first-order valence-electron chi connectivity index (χ1n) is 7.56. The van der Waals surface area contributed by atoms with Crippen molar-refractivity contribution >= 4 is 22.0 Å². The zero-order valence-corrected chi connectivity index (χ0v) is 15.3. The highest BCUT2D eigenvalue weighted by atomic mass is 79.9. The molecule has 1 fully saturated rings. The van der Waals surface area contributed by atoms with Crippen LogP contribution in [0.3, 0.4) is 0 Å². The first kappa shape index (κ1) is 17.2. The van der Waals surface area contributed by atoms with Crippen LogP contribution in [0.4, 0.5) is 4.79 Å². The summed E-state index contributed by atoms with van der Waals surface area (Å²) in [6, 6.07) is 2.03. The van der Waals surface area contributed by atoms with E-state index in [1.54, 1.807) is 4.90 Å². The van der Waals surface area contributed by atoms with Crippen LogP contribution in [-0.4, -0.2) is 52.7 Å². The van der Waals surface area contributed by atoms with Gasteiger partial charge in [0, 0.05) is 38.9 Å². The van der Waals surface area contributed by atoms with Gasteiger partial charge in [0.1, 0.15) is 10.2 Å². The summed E-state index contributed by atoms with van der Waals surface area (Å²) in [5.74, 6) is 0. The third-order valence-electron chi connectivity index (χ3n) is 3.60. The van der Waals surface area contributed by atoms with Gasteiger partial charge < -0.3 is 9.64 Å². The fourth-order valence-electron chi connectivity index (χ4n) is 2.37. The summed E-state index contributed by atoms with van der Waals surface area (Å²) in [6.45, 7) is 11.8. The van der Waals surface area contributed by atoms with E-state index < -0.39 is 5.60 Å². The van der Waals surface area contributed by atoms with Crippen LogP contribution in [0, 0.1) is 6.92 Å². The Hall–Kier alpha value is -1.14. The number of aryl methyl sites for hydroxylation is 1. The zero-order chi connectivity index (χ0) is 16.3. The molecule has 1 amide bonds. The van der Waals surface area contributed by atoms with E-state index in [0.29, 0.717) is 13.1 Å². The molecule has 5 nitrogen and oxygen atoms in total. The van der Waals surface area contributed by atoms with E-state index in [-0.39, 0.29) is 6.09 Å². The van der Waals surface area contributed by atoms with Gasteiger partial charge in [-0.15, -0.1) is 0 Å². The molecule has 0 N–H and O–H groups in total. The van der Waals surface area contributed by atoms with Crippen molar-refractivity contribution in [2.45, 2.75) is 39.8 Å². The van der Waals surface area contributed by atoms with E-state index in [2.05, 4.69) is 32.7 Å². The number of aromatic nitrogens is 1. The van der Waals surface area contributed by atoms with Crippen molar-refractivity contribution in [1.82, 2.24) is 14.8 Å². The number of halogens is 1. The lowest BCUT2D eigenvalue weighted by Gasteiger charge is -2.35. The van der Waals surface area contributed by atoms with E-state index in [9.17, 15) is 4.79 Å². The minimum absolute atomic E-state index is 0.214. The van der Waals surface area contributed by atoms with Gasteiger partial charge in [0.25, 0.3) is 0 Å². The van der Waals surface area contributed by atoms with E-state index >= 15 is 0 Å². The molecule has 2 heterocycles. The van der Waals surface area contributed by atoms with Gasteiger partial charge in [-0.2, -0.15) is 0 Å². The Morgan fingerprint density at radius 1 is 1.32 bits per heavy atom. The standard InChI is InChI=1S/C16H24BrN3O2/c1-12-9-14(17)18-10-13(12)11-19-5-7-20(8-6-19)15(21)22-16(2,3)4/h9-10H,5-8,11H2,1-4H3. The van der Waals surface area contributed by atoms with Crippen LogP contribution in [0.5, 0.6) is 0 Å². The maximum atomic E-state index is 12.0. The van der Waals surface area contributed by atoms with E-state index in [0.717, 1.165) is 24.2 Å². The second kappa shape index (κ2) is 6.96. The average molecular weight is 370 g/mol. The van der Waals surface area contributed by atoms with Crippen molar-refractivity contribution in [2.24, 2.45) is 0 Å². The zero-order valence-electron chi connectivity index (χ0n) is 13.7. The highest BCUT2D eigenvalue weighted by molar-refractivity contribution is 9.10. The first-order valence-corrected chi connectivity index (χ1v) is 8.35. The van der Waals surface area contributed by atoms with Gasteiger partial charge in [-0.3, -0.25) is 4.90 Å². The number of nitrogens with zero attached hydrogens (tertiary/aromatic N) is 3. The molecule has 0 spiro atoms. The Kier molecular flexibility index (Phi) is 5.45. The van der Waals surface area contributed by atoms with Crippen LogP contribution in [-0.2, 0) is 11.3 Å². The highest BCUT2D eigenvalue weighted by Crippen LogP contribution is 2.16. The lowest BCUT2D eigenvalue weighted by molar-refractivity contribution is 0.0139. The first-order chi connectivity index (χ1) is 10.2. The molecule has 0 radical (unpaired) electrons. The van der Waals surface area contributed by atoms with Crippen molar-refractivity contribution < 1.29 is 9.53 Å². The normalized spacial score (nSPS) is 16.7. The molecule has 1 aromatic heterocycles. The molecule has 0 aromatic carbocycles. The van der Waals surface area contributed by atoms with Crippen LogP contribution in [0.2, 0.25) is 0 Å². The van der Waals surface area contributed by atoms with Crippen LogP contribution < -0.4 is 0 Å². The molecule has 0 bridgehead atoms. The summed E-state index contributed by atoms with van der Waals surface area (Å²) in [6.07, 6.45) is 1.70. The van der Waals surface area contributed by atoms with Gasteiger partial charge in [0.05, 0.1) is 0 Å². The molecule has 2 rings (SSSR count). The number of ether oxygens (including phenoxy) is 1. The number of piperazine rings is 1. The van der Waals surface area contributed by atoms with Crippen molar-refractivity contribution in [3.63, 3.8) is 0 Å². The Balaban J connectivity index is 1.86. The SMILES string of the molecule is Cc1cc(Br)ncc1CN1CCN(C(=O)OC(C)(C)C)CC1. The maximum Gasteiger partial charge on any atom is 0.410 e. The van der Waals surface area contributed by atoms with Gasteiger partial charge in [0.15, 0.2) is 0 Å². The van der Waals surface area contributed by atoms with Crippen LogP contribution >= 0.6 is 15.9 Å². The molecule has 22 heavy (non-hydrogen) atoms.